The van der Waals surface area contributed by atoms with Gasteiger partial charge in [-0.3, -0.25) is 10.1 Å². The van der Waals surface area contributed by atoms with Crippen molar-refractivity contribution in [3.05, 3.63) is 36.4 Å². The SMILES string of the molecule is Nc1cc(SOO[O-])c2ccc3c(SOO[O-])cc(S(=O)(=O)[O-])c4ccc1c2c34. The van der Waals surface area contributed by atoms with Crippen molar-refractivity contribution in [2.24, 2.45) is 0 Å². The third-order valence-corrected chi connectivity index (χ3v) is 6.55. The van der Waals surface area contributed by atoms with Crippen LogP contribution < -0.4 is 16.2 Å². The van der Waals surface area contributed by atoms with Crippen LogP contribution in [0.15, 0.2) is 51.1 Å². The molecule has 0 aliphatic carbocycles. The average Bonchev–Trinajstić information content (AvgIpc) is 2.69. The van der Waals surface area contributed by atoms with Crippen LogP contribution >= 0.6 is 24.1 Å². The smallest absolute Gasteiger partial charge is 0.125 e. The summed E-state index contributed by atoms with van der Waals surface area (Å²) in [5, 5.41) is 30.0. The van der Waals surface area contributed by atoms with Crippen LogP contribution in [0.5, 0.6) is 0 Å². The van der Waals surface area contributed by atoms with Crippen molar-refractivity contribution in [2.75, 3.05) is 5.73 Å². The van der Waals surface area contributed by atoms with Crippen LogP contribution in [-0.2, 0) is 28.9 Å². The number of benzene rings is 4. The molecule has 0 aliphatic heterocycles. The number of nitrogens with two attached hydrogens (primary N) is 1. The molecule has 0 atom stereocenters. The second kappa shape index (κ2) is 7.73. The van der Waals surface area contributed by atoms with Gasteiger partial charge in [-0.1, -0.05) is 24.3 Å². The van der Waals surface area contributed by atoms with Gasteiger partial charge in [-0.05, 0) is 28.3 Å². The van der Waals surface area contributed by atoms with Gasteiger partial charge < -0.3 is 20.8 Å². The van der Waals surface area contributed by atoms with Crippen molar-refractivity contribution in [1.82, 2.24) is 0 Å². The second-order valence-electron chi connectivity index (χ2n) is 5.80. The molecule has 0 radical (unpaired) electrons. The first-order valence-corrected chi connectivity index (χ1v) is 10.5. The maximum absolute atomic E-state index is 11.9. The highest BCUT2D eigenvalue weighted by molar-refractivity contribution is 7.95. The Morgan fingerprint density at radius 2 is 1.28 bits per heavy atom. The number of anilines is 1. The quantitative estimate of drug-likeness (QED) is 0.107. The number of hydrogen-bond acceptors (Lipinski definition) is 12. The van der Waals surface area contributed by atoms with Crippen LogP contribution in [-0.4, -0.2) is 13.0 Å². The van der Waals surface area contributed by atoms with E-state index >= 15 is 0 Å². The van der Waals surface area contributed by atoms with Crippen LogP contribution in [0.4, 0.5) is 5.69 Å². The molecule has 4 rings (SSSR count). The third kappa shape index (κ3) is 3.47. The Morgan fingerprint density at radius 1 is 0.793 bits per heavy atom. The van der Waals surface area contributed by atoms with Gasteiger partial charge in [0.15, 0.2) is 0 Å². The summed E-state index contributed by atoms with van der Waals surface area (Å²) >= 11 is 1.09. The lowest BCUT2D eigenvalue weighted by atomic mass is 9.93. The van der Waals surface area contributed by atoms with E-state index in [0.29, 0.717) is 61.6 Å². The lowest BCUT2D eigenvalue weighted by Gasteiger charge is -2.20. The van der Waals surface area contributed by atoms with Gasteiger partial charge in [0.1, 0.15) is 10.1 Å². The molecule has 152 valence electrons. The first-order chi connectivity index (χ1) is 13.9. The standard InChI is InChI=1S/C16H11NO9S3/c17-11-5-12(27-25-23-18)8-2-3-9-13(28-26-24-19)6-14(29(20,21)22)10-4-1-7(11)15(8)16(9)10/h1-6,18-19H,17H2,(H,20,21,22)/p-3. The van der Waals surface area contributed by atoms with Crippen molar-refractivity contribution in [3.63, 3.8) is 0 Å². The zero-order valence-corrected chi connectivity index (χ0v) is 16.4. The van der Waals surface area contributed by atoms with Crippen LogP contribution in [0.2, 0.25) is 0 Å². The average molecular weight is 454 g/mol. The molecule has 2 N–H and O–H groups in total. The summed E-state index contributed by atoms with van der Waals surface area (Å²) in [7, 11) is -4.87. The Bertz CT molecular complexity index is 1330. The Balaban J connectivity index is 2.19. The van der Waals surface area contributed by atoms with Crippen molar-refractivity contribution in [2.45, 2.75) is 14.7 Å². The highest BCUT2D eigenvalue weighted by Gasteiger charge is 2.20. The summed E-state index contributed by atoms with van der Waals surface area (Å²) in [6.45, 7) is 0. The third-order valence-electron chi connectivity index (χ3n) is 4.39. The first-order valence-electron chi connectivity index (χ1n) is 7.63. The van der Waals surface area contributed by atoms with Crippen molar-refractivity contribution in [1.29, 1.82) is 0 Å². The predicted molar refractivity (Wildman–Crippen MR) is 98.6 cm³/mol. The Morgan fingerprint density at radius 3 is 1.83 bits per heavy atom. The molecule has 0 heterocycles. The van der Waals surface area contributed by atoms with E-state index < -0.39 is 15.0 Å². The van der Waals surface area contributed by atoms with Crippen molar-refractivity contribution >= 4 is 72.2 Å². The van der Waals surface area contributed by atoms with Gasteiger partial charge in [0.2, 0.25) is 0 Å². The Labute approximate surface area is 171 Å². The van der Waals surface area contributed by atoms with E-state index in [1.165, 1.54) is 6.07 Å². The van der Waals surface area contributed by atoms with E-state index in [0.717, 1.165) is 6.07 Å². The van der Waals surface area contributed by atoms with Gasteiger partial charge in [-0.15, -0.1) is 0 Å². The number of hydrogen-bond donors (Lipinski definition) is 1. The summed E-state index contributed by atoms with van der Waals surface area (Å²) in [5.74, 6) is 0. The maximum atomic E-state index is 11.9. The molecule has 0 spiro atoms. The molecule has 0 saturated carbocycles. The largest absolute Gasteiger partial charge is 0.744 e. The van der Waals surface area contributed by atoms with Gasteiger partial charge in [-0.2, -0.15) is 8.67 Å². The fourth-order valence-electron chi connectivity index (χ4n) is 3.37. The van der Waals surface area contributed by atoms with Gasteiger partial charge in [0.05, 0.1) is 29.0 Å². The molecule has 0 fully saturated rings. The van der Waals surface area contributed by atoms with Crippen molar-refractivity contribution < 1.29 is 42.2 Å². The summed E-state index contributed by atoms with van der Waals surface area (Å²) < 4.78 is 44.4. The topological polar surface area (TPSA) is 166 Å². The molecule has 0 aromatic heterocycles. The molecule has 4 aromatic rings. The van der Waals surface area contributed by atoms with E-state index in [4.69, 9.17) is 5.73 Å². The van der Waals surface area contributed by atoms with Crippen LogP contribution in [0.1, 0.15) is 0 Å². The zero-order valence-electron chi connectivity index (χ0n) is 13.9. The maximum Gasteiger partial charge on any atom is 0.125 e. The highest BCUT2D eigenvalue weighted by Crippen LogP contribution is 2.45. The van der Waals surface area contributed by atoms with Crippen molar-refractivity contribution in [3.8, 4) is 0 Å². The molecule has 13 heteroatoms. The lowest BCUT2D eigenvalue weighted by Crippen LogP contribution is -2.04. The van der Waals surface area contributed by atoms with E-state index in [2.05, 4.69) is 18.7 Å². The van der Waals surface area contributed by atoms with E-state index in [-0.39, 0.29) is 10.3 Å². The summed E-state index contributed by atoms with van der Waals surface area (Å²) in [6, 6.07) is 9.09. The van der Waals surface area contributed by atoms with Crippen LogP contribution in [0, 0.1) is 0 Å². The predicted octanol–water partition coefficient (Wildman–Crippen LogP) is 1.53. The monoisotopic (exact) mass is 454 g/mol. The minimum absolute atomic E-state index is 0.169. The van der Waals surface area contributed by atoms with E-state index in [1.54, 1.807) is 24.3 Å². The van der Waals surface area contributed by atoms with Crippen LogP contribution in [0.25, 0.3) is 32.3 Å². The molecule has 10 nitrogen and oxygen atoms in total. The van der Waals surface area contributed by atoms with E-state index in [9.17, 15) is 23.5 Å². The van der Waals surface area contributed by atoms with Gasteiger partial charge in [0, 0.05) is 31.6 Å². The highest BCUT2D eigenvalue weighted by atomic mass is 32.2. The Hall–Kier alpha value is -1.91. The first kappa shape index (κ1) is 20.4. The molecule has 4 aromatic carbocycles. The summed E-state index contributed by atoms with van der Waals surface area (Å²) in [5.41, 5.74) is 6.45. The summed E-state index contributed by atoms with van der Waals surface area (Å²) in [4.78, 5) is 0.115. The lowest BCUT2D eigenvalue weighted by molar-refractivity contribution is -0.777. The van der Waals surface area contributed by atoms with Gasteiger partial charge in [-0.25, -0.2) is 8.42 Å². The van der Waals surface area contributed by atoms with E-state index in [1.807, 2.05) is 0 Å². The minimum Gasteiger partial charge on any atom is -0.744 e. The molecular weight excluding hydrogens is 446 g/mol. The molecule has 29 heavy (non-hydrogen) atoms. The molecule has 0 unspecified atom stereocenters. The fourth-order valence-corrected chi connectivity index (χ4v) is 5.21. The molecular formula is C16H8NO9S3-3. The second-order valence-corrected chi connectivity index (χ2v) is 8.63. The summed E-state index contributed by atoms with van der Waals surface area (Å²) in [6.07, 6.45) is 0. The van der Waals surface area contributed by atoms with Gasteiger partial charge >= 0.3 is 0 Å². The van der Waals surface area contributed by atoms with Crippen LogP contribution in [0.3, 0.4) is 0 Å². The zero-order chi connectivity index (χ0) is 20.8. The molecule has 0 amide bonds. The Kier molecular flexibility index (Phi) is 5.43. The number of rotatable bonds is 7. The van der Waals surface area contributed by atoms with Gasteiger partial charge in [0.25, 0.3) is 0 Å². The molecule has 0 aliphatic rings. The minimum atomic E-state index is -4.87. The fraction of sp³-hybridized carbons (Fsp3) is 0. The molecule has 0 bridgehead atoms. The molecule has 0 saturated heterocycles. The number of nitrogen functional groups attached to an aromatic ring is 1. The normalized spacial score (nSPS) is 12.5.